The molecule has 0 aliphatic rings. The molecule has 1 heterocycles. The van der Waals surface area contributed by atoms with Gasteiger partial charge in [-0.05, 0) is 13.0 Å². The number of carboxylic acids is 1. The van der Waals surface area contributed by atoms with Gasteiger partial charge in [-0.2, -0.15) is 0 Å². The maximum Gasteiger partial charge on any atom is 0.331 e. The van der Waals surface area contributed by atoms with Crippen molar-refractivity contribution in [2.45, 2.75) is 6.92 Å². The molecule has 0 bridgehead atoms. The van der Waals surface area contributed by atoms with E-state index >= 15 is 0 Å². The number of aromatic nitrogens is 2. The fourth-order valence-corrected chi connectivity index (χ4v) is 0.790. The summed E-state index contributed by atoms with van der Waals surface area (Å²) in [5, 5.41) is 8.57. The molecule has 0 aromatic carbocycles. The minimum Gasteiger partial charge on any atom is -0.478 e. The lowest BCUT2D eigenvalue weighted by atomic mass is 10.2. The molecule has 13 heavy (non-hydrogen) atoms. The van der Waals surface area contributed by atoms with E-state index in [0.29, 0.717) is 5.57 Å². The number of rotatable bonds is 2. The van der Waals surface area contributed by atoms with E-state index in [4.69, 9.17) is 5.11 Å². The van der Waals surface area contributed by atoms with Crippen LogP contribution in [0, 0.1) is 0 Å². The standard InChI is InChI=1S/C8H10N2O2.ClH/c1-6(8(11)12)3-7-4-9-5-10(7)2;/h3-5H,1-2H3,(H,11,12);1H/b6-3+;. The minimum absolute atomic E-state index is 0. The van der Waals surface area contributed by atoms with E-state index in [1.54, 1.807) is 30.1 Å². The first kappa shape index (κ1) is 11.7. The number of aliphatic carboxylic acids is 1. The Balaban J connectivity index is 0.00000144. The molecule has 0 atom stereocenters. The van der Waals surface area contributed by atoms with Gasteiger partial charge in [0.2, 0.25) is 0 Å². The second-order valence-corrected chi connectivity index (χ2v) is 2.56. The van der Waals surface area contributed by atoms with E-state index in [1.165, 1.54) is 0 Å². The van der Waals surface area contributed by atoms with Gasteiger partial charge in [0.05, 0.1) is 18.2 Å². The highest BCUT2D eigenvalue weighted by Crippen LogP contribution is 2.04. The Kier molecular flexibility index (Phi) is 4.20. The van der Waals surface area contributed by atoms with Crippen LogP contribution >= 0.6 is 12.4 Å². The lowest BCUT2D eigenvalue weighted by Gasteiger charge is -1.95. The molecular formula is C8H11ClN2O2. The van der Waals surface area contributed by atoms with Crippen molar-refractivity contribution in [2.75, 3.05) is 0 Å². The fraction of sp³-hybridized carbons (Fsp3) is 0.250. The number of carbonyl (C=O) groups is 1. The van der Waals surface area contributed by atoms with Crippen LogP contribution in [0.2, 0.25) is 0 Å². The summed E-state index contributed by atoms with van der Waals surface area (Å²) in [6.07, 6.45) is 4.82. The Labute approximate surface area is 82.3 Å². The van der Waals surface area contributed by atoms with Gasteiger partial charge < -0.3 is 9.67 Å². The molecule has 1 aromatic rings. The first-order valence-electron chi connectivity index (χ1n) is 3.49. The molecule has 5 heteroatoms. The maximum atomic E-state index is 10.4. The van der Waals surface area contributed by atoms with Crippen LogP contribution in [0.5, 0.6) is 0 Å². The van der Waals surface area contributed by atoms with Crippen molar-refractivity contribution in [1.29, 1.82) is 0 Å². The van der Waals surface area contributed by atoms with Gasteiger partial charge in [-0.15, -0.1) is 12.4 Å². The van der Waals surface area contributed by atoms with Gasteiger partial charge in [0.25, 0.3) is 0 Å². The van der Waals surface area contributed by atoms with Crippen LogP contribution in [-0.4, -0.2) is 20.6 Å². The summed E-state index contributed by atoms with van der Waals surface area (Å²) in [4.78, 5) is 14.3. The van der Waals surface area contributed by atoms with E-state index in [9.17, 15) is 4.79 Å². The second-order valence-electron chi connectivity index (χ2n) is 2.56. The molecule has 0 aliphatic carbocycles. The predicted octanol–water partition coefficient (Wildman–Crippen LogP) is 1.33. The Bertz CT molecular complexity index is 331. The summed E-state index contributed by atoms with van der Waals surface area (Å²) >= 11 is 0. The van der Waals surface area contributed by atoms with Crippen molar-refractivity contribution in [2.24, 2.45) is 7.05 Å². The number of imidazole rings is 1. The van der Waals surface area contributed by atoms with Crippen LogP contribution in [0.25, 0.3) is 6.08 Å². The first-order valence-corrected chi connectivity index (χ1v) is 3.49. The van der Waals surface area contributed by atoms with Crippen LogP contribution in [0.15, 0.2) is 18.1 Å². The Morgan fingerprint density at radius 3 is 2.69 bits per heavy atom. The summed E-state index contributed by atoms with van der Waals surface area (Å²) < 4.78 is 1.76. The Morgan fingerprint density at radius 2 is 2.31 bits per heavy atom. The van der Waals surface area contributed by atoms with Crippen LogP contribution in [0.3, 0.4) is 0 Å². The monoisotopic (exact) mass is 202 g/mol. The molecule has 0 radical (unpaired) electrons. The van der Waals surface area contributed by atoms with Gasteiger partial charge in [0.15, 0.2) is 0 Å². The third-order valence-electron chi connectivity index (χ3n) is 1.56. The molecular weight excluding hydrogens is 192 g/mol. The van der Waals surface area contributed by atoms with E-state index in [1.807, 2.05) is 7.05 Å². The molecule has 0 unspecified atom stereocenters. The van der Waals surface area contributed by atoms with Gasteiger partial charge in [-0.25, -0.2) is 9.78 Å². The second kappa shape index (κ2) is 4.67. The van der Waals surface area contributed by atoms with Crippen molar-refractivity contribution in [1.82, 2.24) is 9.55 Å². The van der Waals surface area contributed by atoms with Gasteiger partial charge in [-0.3, -0.25) is 0 Å². The summed E-state index contributed by atoms with van der Waals surface area (Å²) in [6.45, 7) is 1.55. The number of hydrogen-bond donors (Lipinski definition) is 1. The summed E-state index contributed by atoms with van der Waals surface area (Å²) in [6, 6.07) is 0. The molecule has 72 valence electrons. The molecule has 1 N–H and O–H groups in total. The molecule has 0 saturated carbocycles. The van der Waals surface area contributed by atoms with E-state index in [2.05, 4.69) is 4.98 Å². The highest BCUT2D eigenvalue weighted by atomic mass is 35.5. The maximum absolute atomic E-state index is 10.4. The zero-order chi connectivity index (χ0) is 9.14. The van der Waals surface area contributed by atoms with Gasteiger partial charge in [-0.1, -0.05) is 0 Å². The van der Waals surface area contributed by atoms with Gasteiger partial charge in [0.1, 0.15) is 0 Å². The zero-order valence-corrected chi connectivity index (χ0v) is 8.21. The first-order chi connectivity index (χ1) is 5.61. The van der Waals surface area contributed by atoms with Gasteiger partial charge >= 0.3 is 5.97 Å². The number of hydrogen-bond acceptors (Lipinski definition) is 2. The van der Waals surface area contributed by atoms with Crippen LogP contribution < -0.4 is 0 Å². The summed E-state index contributed by atoms with van der Waals surface area (Å²) in [5.41, 5.74) is 1.09. The zero-order valence-electron chi connectivity index (χ0n) is 7.39. The molecule has 0 fully saturated rings. The lowest BCUT2D eigenvalue weighted by molar-refractivity contribution is -0.132. The third kappa shape index (κ3) is 2.91. The van der Waals surface area contributed by atoms with E-state index in [-0.39, 0.29) is 12.4 Å². The van der Waals surface area contributed by atoms with Crippen molar-refractivity contribution < 1.29 is 9.90 Å². The number of carboxylic acid groups (broad SMARTS) is 1. The number of nitrogens with zero attached hydrogens (tertiary/aromatic N) is 2. The molecule has 0 spiro atoms. The highest BCUT2D eigenvalue weighted by molar-refractivity contribution is 5.91. The predicted molar refractivity (Wildman–Crippen MR) is 51.7 cm³/mol. The molecule has 1 aromatic heterocycles. The number of halogens is 1. The topological polar surface area (TPSA) is 55.1 Å². The SMILES string of the molecule is C/C(=C\c1cncn1C)C(=O)O.Cl. The largest absolute Gasteiger partial charge is 0.478 e. The minimum atomic E-state index is -0.906. The number of aryl methyl sites for hydroxylation is 1. The van der Waals surface area contributed by atoms with Gasteiger partial charge in [0, 0.05) is 12.6 Å². The molecule has 1 rings (SSSR count). The van der Waals surface area contributed by atoms with Crippen molar-refractivity contribution in [3.8, 4) is 0 Å². The average Bonchev–Trinajstić information content (AvgIpc) is 2.36. The molecule has 0 amide bonds. The molecule has 4 nitrogen and oxygen atoms in total. The Hall–Kier alpha value is -1.29. The average molecular weight is 203 g/mol. The van der Waals surface area contributed by atoms with E-state index < -0.39 is 5.97 Å². The van der Waals surface area contributed by atoms with Crippen molar-refractivity contribution in [3.05, 3.63) is 23.8 Å². The third-order valence-corrected chi connectivity index (χ3v) is 1.56. The summed E-state index contributed by atoms with van der Waals surface area (Å²) in [5.74, 6) is -0.906. The lowest BCUT2D eigenvalue weighted by Crippen LogP contribution is -1.97. The normalized spacial score (nSPS) is 10.8. The van der Waals surface area contributed by atoms with Crippen LogP contribution in [0.4, 0.5) is 0 Å². The fourth-order valence-electron chi connectivity index (χ4n) is 0.790. The smallest absolute Gasteiger partial charge is 0.331 e. The van der Waals surface area contributed by atoms with Crippen molar-refractivity contribution >= 4 is 24.5 Å². The quantitative estimate of drug-likeness (QED) is 0.737. The Morgan fingerprint density at radius 1 is 1.69 bits per heavy atom. The van der Waals surface area contributed by atoms with Crippen molar-refractivity contribution in [3.63, 3.8) is 0 Å². The molecule has 0 aliphatic heterocycles. The van der Waals surface area contributed by atoms with E-state index in [0.717, 1.165) is 5.69 Å². The van der Waals surface area contributed by atoms with Crippen LogP contribution in [0.1, 0.15) is 12.6 Å². The van der Waals surface area contributed by atoms with Crippen LogP contribution in [-0.2, 0) is 11.8 Å². The summed E-state index contributed by atoms with van der Waals surface area (Å²) in [7, 11) is 1.81. The highest BCUT2D eigenvalue weighted by Gasteiger charge is 2.01. The molecule has 0 saturated heterocycles.